The average molecular weight is 307 g/mol. The molecular formula is C16H25N3O3. The van der Waals surface area contributed by atoms with E-state index in [4.69, 9.17) is 4.74 Å². The maximum absolute atomic E-state index is 12.7. The van der Waals surface area contributed by atoms with Gasteiger partial charge in [-0.05, 0) is 26.7 Å². The fourth-order valence-electron chi connectivity index (χ4n) is 3.74. The Labute approximate surface area is 130 Å². The minimum absolute atomic E-state index is 0.0721. The molecule has 6 nitrogen and oxygen atoms in total. The molecule has 0 bridgehead atoms. The van der Waals surface area contributed by atoms with Crippen molar-refractivity contribution >= 4 is 5.91 Å². The molecule has 0 radical (unpaired) electrons. The van der Waals surface area contributed by atoms with Crippen LogP contribution in [0, 0.1) is 0 Å². The number of aliphatic hydroxyl groups is 1. The predicted octanol–water partition coefficient (Wildman–Crippen LogP) is 1.81. The van der Waals surface area contributed by atoms with E-state index in [1.807, 2.05) is 13.8 Å². The molecule has 0 aromatic carbocycles. The van der Waals surface area contributed by atoms with Gasteiger partial charge in [-0.1, -0.05) is 12.8 Å². The molecule has 3 rings (SSSR count). The van der Waals surface area contributed by atoms with Crippen molar-refractivity contribution in [1.82, 2.24) is 15.1 Å². The van der Waals surface area contributed by atoms with Gasteiger partial charge in [0.15, 0.2) is 5.69 Å². The van der Waals surface area contributed by atoms with Crippen LogP contribution < -0.4 is 0 Å². The molecule has 6 heteroatoms. The second kappa shape index (κ2) is 5.66. The van der Waals surface area contributed by atoms with Crippen LogP contribution in [0.4, 0.5) is 0 Å². The highest BCUT2D eigenvalue weighted by Crippen LogP contribution is 2.32. The molecule has 0 unspecified atom stereocenters. The van der Waals surface area contributed by atoms with Crippen molar-refractivity contribution in [3.05, 3.63) is 17.0 Å². The fourth-order valence-corrected chi connectivity index (χ4v) is 3.74. The van der Waals surface area contributed by atoms with E-state index in [-0.39, 0.29) is 18.1 Å². The normalized spacial score (nSPS) is 26.7. The van der Waals surface area contributed by atoms with E-state index in [0.717, 1.165) is 36.9 Å². The Morgan fingerprint density at radius 2 is 2.14 bits per heavy atom. The molecule has 1 aromatic heterocycles. The Bertz CT molecular complexity index is 563. The number of aromatic nitrogens is 2. The zero-order valence-corrected chi connectivity index (χ0v) is 13.6. The topological polar surface area (TPSA) is 78.5 Å². The Morgan fingerprint density at radius 1 is 1.45 bits per heavy atom. The molecule has 2 atom stereocenters. The molecule has 1 aromatic rings. The lowest BCUT2D eigenvalue weighted by atomic mass is 9.98. The number of nitrogens with zero attached hydrogens (tertiary/aromatic N) is 2. The Balaban J connectivity index is 1.78. The first-order valence-corrected chi connectivity index (χ1v) is 8.10. The molecule has 22 heavy (non-hydrogen) atoms. The van der Waals surface area contributed by atoms with Gasteiger partial charge in [0.1, 0.15) is 0 Å². The Kier molecular flexibility index (Phi) is 3.99. The summed E-state index contributed by atoms with van der Waals surface area (Å²) < 4.78 is 5.75. The first-order chi connectivity index (χ1) is 10.4. The van der Waals surface area contributed by atoms with Crippen molar-refractivity contribution in [2.45, 2.75) is 63.8 Å². The van der Waals surface area contributed by atoms with Crippen LogP contribution in [-0.2, 0) is 11.2 Å². The largest absolute Gasteiger partial charge is 0.388 e. The maximum atomic E-state index is 12.7. The van der Waals surface area contributed by atoms with E-state index >= 15 is 0 Å². The summed E-state index contributed by atoms with van der Waals surface area (Å²) in [6, 6.07) is 0. The number of likely N-dealkylation sites (N-methyl/N-ethyl adjacent to an activating group) is 1. The minimum atomic E-state index is -0.732. The molecule has 1 fully saturated rings. The van der Waals surface area contributed by atoms with Gasteiger partial charge in [0.05, 0.1) is 23.5 Å². The highest BCUT2D eigenvalue weighted by atomic mass is 16.5. The van der Waals surface area contributed by atoms with Crippen molar-refractivity contribution in [3.8, 4) is 0 Å². The van der Waals surface area contributed by atoms with Crippen LogP contribution in [-0.4, -0.2) is 51.4 Å². The molecule has 0 spiro atoms. The number of carbonyl (C=O) groups excluding carboxylic acids is 1. The highest BCUT2D eigenvalue weighted by molar-refractivity contribution is 5.94. The van der Waals surface area contributed by atoms with Crippen LogP contribution in [0.15, 0.2) is 0 Å². The predicted molar refractivity (Wildman–Crippen MR) is 81.6 cm³/mol. The van der Waals surface area contributed by atoms with Crippen molar-refractivity contribution in [2.24, 2.45) is 0 Å². The molecule has 1 saturated carbocycles. The summed E-state index contributed by atoms with van der Waals surface area (Å²) in [4.78, 5) is 14.3. The Hall–Kier alpha value is -1.40. The smallest absolute Gasteiger partial charge is 0.274 e. The lowest BCUT2D eigenvalue weighted by molar-refractivity contribution is -0.00717. The number of aromatic amines is 1. The molecule has 122 valence electrons. The number of nitrogens with one attached hydrogen (secondary N) is 1. The summed E-state index contributed by atoms with van der Waals surface area (Å²) in [6.07, 6.45) is 4.30. The zero-order valence-electron chi connectivity index (χ0n) is 13.6. The summed E-state index contributed by atoms with van der Waals surface area (Å²) >= 11 is 0. The summed E-state index contributed by atoms with van der Waals surface area (Å²) in [5, 5.41) is 17.7. The van der Waals surface area contributed by atoms with Crippen LogP contribution in [0.25, 0.3) is 0 Å². The van der Waals surface area contributed by atoms with Gasteiger partial charge in [-0.15, -0.1) is 0 Å². The number of hydrogen-bond acceptors (Lipinski definition) is 4. The zero-order chi connectivity index (χ0) is 15.9. The number of rotatable bonds is 3. The number of fused-ring (bicyclic) bond motifs is 1. The van der Waals surface area contributed by atoms with E-state index in [9.17, 15) is 9.90 Å². The summed E-state index contributed by atoms with van der Waals surface area (Å²) in [5.41, 5.74) is 1.60. The quantitative estimate of drug-likeness (QED) is 0.892. The molecular weight excluding hydrogens is 282 g/mol. The van der Waals surface area contributed by atoms with Crippen LogP contribution in [0.5, 0.6) is 0 Å². The molecule has 1 aliphatic heterocycles. The SMILES string of the molecule is C[C@@H]1Cc2c(C(=O)N(C)CC3(O)CCCC3)n[nH]c2[C@H](C)O1. The summed E-state index contributed by atoms with van der Waals surface area (Å²) in [6.45, 7) is 4.34. The van der Waals surface area contributed by atoms with Gasteiger partial charge in [-0.3, -0.25) is 9.89 Å². The van der Waals surface area contributed by atoms with E-state index in [1.54, 1.807) is 11.9 Å². The first kappa shape index (κ1) is 15.5. The molecule has 1 aliphatic carbocycles. The van der Waals surface area contributed by atoms with E-state index < -0.39 is 5.60 Å². The Morgan fingerprint density at radius 3 is 2.82 bits per heavy atom. The summed E-state index contributed by atoms with van der Waals surface area (Å²) in [7, 11) is 1.74. The summed E-state index contributed by atoms with van der Waals surface area (Å²) in [5.74, 6) is -0.126. The van der Waals surface area contributed by atoms with Crippen molar-refractivity contribution < 1.29 is 14.6 Å². The van der Waals surface area contributed by atoms with Crippen molar-refractivity contribution in [3.63, 3.8) is 0 Å². The van der Waals surface area contributed by atoms with Crippen LogP contribution in [0.3, 0.4) is 0 Å². The monoisotopic (exact) mass is 307 g/mol. The van der Waals surface area contributed by atoms with Crippen LogP contribution in [0.2, 0.25) is 0 Å². The van der Waals surface area contributed by atoms with Crippen molar-refractivity contribution in [1.29, 1.82) is 0 Å². The molecule has 2 aliphatic rings. The minimum Gasteiger partial charge on any atom is -0.388 e. The lowest BCUT2D eigenvalue weighted by Crippen LogP contribution is -2.42. The van der Waals surface area contributed by atoms with Gasteiger partial charge in [-0.2, -0.15) is 5.10 Å². The first-order valence-electron chi connectivity index (χ1n) is 8.10. The van der Waals surface area contributed by atoms with Gasteiger partial charge < -0.3 is 14.7 Å². The number of carbonyl (C=O) groups is 1. The van der Waals surface area contributed by atoms with Gasteiger partial charge in [-0.25, -0.2) is 0 Å². The van der Waals surface area contributed by atoms with E-state index in [1.165, 1.54) is 0 Å². The third-order valence-corrected chi connectivity index (χ3v) is 4.85. The third kappa shape index (κ3) is 2.77. The van der Waals surface area contributed by atoms with Crippen molar-refractivity contribution in [2.75, 3.05) is 13.6 Å². The second-order valence-electron chi connectivity index (χ2n) is 6.85. The van der Waals surface area contributed by atoms with Crippen LogP contribution in [0.1, 0.15) is 67.4 Å². The van der Waals surface area contributed by atoms with Gasteiger partial charge in [0, 0.05) is 25.6 Å². The second-order valence-corrected chi connectivity index (χ2v) is 6.85. The average Bonchev–Trinajstić information content (AvgIpc) is 3.04. The van der Waals surface area contributed by atoms with Gasteiger partial charge in [0.2, 0.25) is 0 Å². The molecule has 2 heterocycles. The maximum Gasteiger partial charge on any atom is 0.274 e. The molecule has 0 saturated heterocycles. The fraction of sp³-hybridized carbons (Fsp3) is 0.750. The highest BCUT2D eigenvalue weighted by Gasteiger charge is 2.36. The van der Waals surface area contributed by atoms with Gasteiger partial charge >= 0.3 is 0 Å². The van der Waals surface area contributed by atoms with E-state index in [2.05, 4.69) is 10.2 Å². The van der Waals surface area contributed by atoms with E-state index in [0.29, 0.717) is 18.7 Å². The molecule has 2 N–H and O–H groups in total. The number of ether oxygens (including phenoxy) is 1. The standard InChI is InChI=1S/C16H25N3O3/c1-10-8-12-13(11(2)22-10)17-18-14(12)15(20)19(3)9-16(21)6-4-5-7-16/h10-11,21H,4-9H2,1-3H3,(H,17,18)/t10-,11+/m1/s1. The number of amides is 1. The molecule has 1 amide bonds. The van der Waals surface area contributed by atoms with Crippen LogP contribution >= 0.6 is 0 Å². The number of H-pyrrole nitrogens is 1. The number of hydrogen-bond donors (Lipinski definition) is 2. The third-order valence-electron chi connectivity index (χ3n) is 4.85. The lowest BCUT2D eigenvalue weighted by Gasteiger charge is -2.29. The van der Waals surface area contributed by atoms with Gasteiger partial charge in [0.25, 0.3) is 5.91 Å².